The number of carbonyl (C=O) groups is 3. The Kier molecular flexibility index (Phi) is 7.29. The van der Waals surface area contributed by atoms with E-state index in [1.807, 2.05) is 50.5 Å². The van der Waals surface area contributed by atoms with E-state index in [0.29, 0.717) is 6.04 Å². The summed E-state index contributed by atoms with van der Waals surface area (Å²) < 4.78 is 11.4. The minimum absolute atomic E-state index is 0.0971. The molecule has 3 aliphatic rings. The number of hydrogen-bond acceptors (Lipinski definition) is 6. The van der Waals surface area contributed by atoms with Crippen LogP contribution in [0.15, 0.2) is 48.5 Å². The summed E-state index contributed by atoms with van der Waals surface area (Å²) in [5.41, 5.74) is 2.14. The number of rotatable bonds is 7. The van der Waals surface area contributed by atoms with Crippen molar-refractivity contribution in [2.75, 3.05) is 40.3 Å². The van der Waals surface area contributed by atoms with Gasteiger partial charge in [-0.15, -0.1) is 0 Å². The second kappa shape index (κ2) is 10.4. The maximum atomic E-state index is 13.8. The van der Waals surface area contributed by atoms with Crippen molar-refractivity contribution < 1.29 is 29.0 Å². The highest BCUT2D eigenvalue weighted by atomic mass is 16.6. The summed E-state index contributed by atoms with van der Waals surface area (Å²) in [5, 5.41) is 10.4. The van der Waals surface area contributed by atoms with Crippen molar-refractivity contribution in [2.45, 2.75) is 56.7 Å². The standard InChI is InChI=1S/C31H39N3O6/c1-30(2,3)40-28(37)33-18-31(19-33,27(35)36)34(16-20-14-21(15-20)32(4)5)29(38)39-17-26-24-12-8-6-10-22(24)23-11-7-9-13-25(23)26/h6-13,20-21,26H,14-19H2,1-5H3,(H,35,36). The Morgan fingerprint density at radius 3 is 2.02 bits per heavy atom. The van der Waals surface area contributed by atoms with Crippen LogP contribution >= 0.6 is 0 Å². The Bertz CT molecular complexity index is 1240. The van der Waals surface area contributed by atoms with Gasteiger partial charge in [0.25, 0.3) is 0 Å². The third kappa shape index (κ3) is 5.14. The number of fused-ring (bicyclic) bond motifs is 3. The second-order valence-electron chi connectivity index (χ2n) is 12.5. The summed E-state index contributed by atoms with van der Waals surface area (Å²) in [5.74, 6) is -1.13. The molecule has 0 spiro atoms. The highest BCUT2D eigenvalue weighted by Crippen LogP contribution is 2.45. The molecule has 0 radical (unpaired) electrons. The molecular formula is C31H39N3O6. The third-order valence-electron chi connectivity index (χ3n) is 8.41. The number of aliphatic carboxylic acids is 1. The first-order chi connectivity index (χ1) is 18.9. The molecule has 1 saturated carbocycles. The maximum Gasteiger partial charge on any atom is 0.410 e. The van der Waals surface area contributed by atoms with Crippen LogP contribution in [-0.4, -0.2) is 95.5 Å². The Morgan fingerprint density at radius 2 is 1.52 bits per heavy atom. The number of likely N-dealkylation sites (tertiary alicyclic amines) is 1. The van der Waals surface area contributed by atoms with Crippen LogP contribution in [-0.2, 0) is 14.3 Å². The van der Waals surface area contributed by atoms with Crippen molar-refractivity contribution in [3.8, 4) is 11.1 Å². The zero-order valence-electron chi connectivity index (χ0n) is 23.9. The van der Waals surface area contributed by atoms with Gasteiger partial charge in [-0.05, 0) is 75.9 Å². The average molecular weight is 550 g/mol. The van der Waals surface area contributed by atoms with Crippen LogP contribution in [0.1, 0.15) is 50.7 Å². The van der Waals surface area contributed by atoms with Crippen LogP contribution in [0.4, 0.5) is 9.59 Å². The molecule has 0 bridgehead atoms. The molecule has 2 aliphatic carbocycles. The Labute approximate surface area is 235 Å². The van der Waals surface area contributed by atoms with Crippen LogP contribution in [0.5, 0.6) is 0 Å². The van der Waals surface area contributed by atoms with Crippen LogP contribution in [0.3, 0.4) is 0 Å². The van der Waals surface area contributed by atoms with Gasteiger partial charge in [0.15, 0.2) is 5.54 Å². The van der Waals surface area contributed by atoms with Crippen LogP contribution < -0.4 is 0 Å². The van der Waals surface area contributed by atoms with Gasteiger partial charge < -0.3 is 24.4 Å². The van der Waals surface area contributed by atoms with Gasteiger partial charge in [0.2, 0.25) is 0 Å². The molecule has 1 N–H and O–H groups in total. The predicted molar refractivity (Wildman–Crippen MR) is 150 cm³/mol. The number of amides is 2. The molecule has 40 heavy (non-hydrogen) atoms. The molecule has 9 heteroatoms. The van der Waals surface area contributed by atoms with E-state index < -0.39 is 29.3 Å². The lowest BCUT2D eigenvalue weighted by Crippen LogP contribution is -2.76. The lowest BCUT2D eigenvalue weighted by molar-refractivity contribution is -0.163. The summed E-state index contributed by atoms with van der Waals surface area (Å²) in [4.78, 5) is 44.0. The number of carbonyl (C=O) groups excluding carboxylic acids is 2. The molecule has 9 nitrogen and oxygen atoms in total. The van der Waals surface area contributed by atoms with Gasteiger partial charge in [0.05, 0.1) is 13.1 Å². The molecule has 1 saturated heterocycles. The van der Waals surface area contributed by atoms with Crippen molar-refractivity contribution >= 4 is 18.2 Å². The molecule has 0 atom stereocenters. The van der Waals surface area contributed by atoms with Gasteiger partial charge in [-0.25, -0.2) is 14.4 Å². The van der Waals surface area contributed by atoms with Crippen molar-refractivity contribution in [1.29, 1.82) is 0 Å². The molecule has 0 unspecified atom stereocenters. The first kappa shape index (κ1) is 28.0. The molecule has 2 fully saturated rings. The summed E-state index contributed by atoms with van der Waals surface area (Å²) in [6.45, 7) is 5.34. The van der Waals surface area contributed by atoms with Crippen molar-refractivity contribution in [2.24, 2.45) is 5.92 Å². The quantitative estimate of drug-likeness (QED) is 0.537. The van der Waals surface area contributed by atoms with Crippen molar-refractivity contribution in [3.63, 3.8) is 0 Å². The van der Waals surface area contributed by atoms with Gasteiger partial charge in [-0.2, -0.15) is 0 Å². The van der Waals surface area contributed by atoms with E-state index in [2.05, 4.69) is 17.0 Å². The monoisotopic (exact) mass is 549 g/mol. The molecule has 2 aromatic rings. The summed E-state index contributed by atoms with van der Waals surface area (Å²) in [7, 11) is 4.04. The first-order valence-electron chi connectivity index (χ1n) is 13.9. The summed E-state index contributed by atoms with van der Waals surface area (Å²) in [6, 6.07) is 16.6. The van der Waals surface area contributed by atoms with Crippen LogP contribution in [0.2, 0.25) is 0 Å². The number of carboxylic acids is 1. The number of benzene rings is 2. The molecule has 1 aliphatic heterocycles. The normalized spacial score (nSPS) is 21.1. The maximum absolute atomic E-state index is 13.8. The molecule has 2 aromatic carbocycles. The van der Waals surface area contributed by atoms with Gasteiger partial charge >= 0.3 is 18.2 Å². The minimum atomic E-state index is -1.57. The second-order valence-corrected chi connectivity index (χ2v) is 12.5. The predicted octanol–water partition coefficient (Wildman–Crippen LogP) is 4.65. The van der Waals surface area contributed by atoms with E-state index in [0.717, 1.165) is 35.1 Å². The Balaban J connectivity index is 1.35. The van der Waals surface area contributed by atoms with Crippen molar-refractivity contribution in [1.82, 2.24) is 14.7 Å². The topological polar surface area (TPSA) is 99.6 Å². The van der Waals surface area contributed by atoms with E-state index in [9.17, 15) is 19.5 Å². The number of ether oxygens (including phenoxy) is 2. The largest absolute Gasteiger partial charge is 0.479 e. The fourth-order valence-corrected chi connectivity index (χ4v) is 6.09. The van der Waals surface area contributed by atoms with Crippen LogP contribution in [0.25, 0.3) is 11.1 Å². The van der Waals surface area contributed by atoms with Gasteiger partial charge in [0.1, 0.15) is 12.2 Å². The molecule has 5 rings (SSSR count). The van der Waals surface area contributed by atoms with Gasteiger partial charge in [0, 0.05) is 18.5 Å². The molecule has 214 valence electrons. The van der Waals surface area contributed by atoms with E-state index >= 15 is 0 Å². The van der Waals surface area contributed by atoms with Gasteiger partial charge in [-0.1, -0.05) is 48.5 Å². The molecule has 2 amide bonds. The number of hydrogen-bond donors (Lipinski definition) is 1. The first-order valence-corrected chi connectivity index (χ1v) is 13.9. The summed E-state index contributed by atoms with van der Waals surface area (Å²) >= 11 is 0. The average Bonchev–Trinajstić information content (AvgIpc) is 3.14. The smallest absolute Gasteiger partial charge is 0.410 e. The van der Waals surface area contributed by atoms with E-state index in [4.69, 9.17) is 9.47 Å². The van der Waals surface area contributed by atoms with E-state index in [1.165, 1.54) is 9.80 Å². The molecular weight excluding hydrogens is 510 g/mol. The molecule has 1 heterocycles. The third-order valence-corrected chi connectivity index (χ3v) is 8.41. The lowest BCUT2D eigenvalue weighted by atomic mass is 9.77. The van der Waals surface area contributed by atoms with Crippen LogP contribution in [0, 0.1) is 5.92 Å². The fraction of sp³-hybridized carbons (Fsp3) is 0.516. The summed E-state index contributed by atoms with van der Waals surface area (Å²) in [6.07, 6.45) is 0.478. The number of nitrogens with zero attached hydrogens (tertiary/aromatic N) is 3. The highest BCUT2D eigenvalue weighted by molar-refractivity contribution is 5.89. The Hall–Kier alpha value is -3.59. The highest BCUT2D eigenvalue weighted by Gasteiger charge is 2.59. The fourth-order valence-electron chi connectivity index (χ4n) is 6.09. The SMILES string of the molecule is CN(C)C1CC(CN(C(=O)OCC2c3ccccc3-c3ccccc32)C2(C(=O)O)CN(C(=O)OC(C)(C)C)C2)C1. The van der Waals surface area contributed by atoms with Crippen molar-refractivity contribution in [3.05, 3.63) is 59.7 Å². The minimum Gasteiger partial charge on any atom is -0.479 e. The lowest BCUT2D eigenvalue weighted by Gasteiger charge is -2.53. The molecule has 0 aromatic heterocycles. The Morgan fingerprint density at radius 1 is 0.975 bits per heavy atom. The zero-order valence-corrected chi connectivity index (χ0v) is 23.9. The van der Waals surface area contributed by atoms with Gasteiger partial charge in [-0.3, -0.25) is 4.90 Å². The number of carboxylic acid groups (broad SMARTS) is 1. The van der Waals surface area contributed by atoms with E-state index in [1.54, 1.807) is 20.8 Å². The van der Waals surface area contributed by atoms with E-state index in [-0.39, 0.29) is 38.1 Å². The zero-order chi connectivity index (χ0) is 28.8.